The van der Waals surface area contributed by atoms with Crippen molar-refractivity contribution in [3.05, 3.63) is 30.3 Å². The maximum atomic E-state index is 12.8. The summed E-state index contributed by atoms with van der Waals surface area (Å²) >= 11 is 0. The number of halogens is 3. The SMILES string of the molecule is O=C(NCC(O)COc1ccccc1)C1CCCC(C(F)(F)F)C1. The Kier molecular flexibility index (Phi) is 6.48. The van der Waals surface area contributed by atoms with Crippen LogP contribution < -0.4 is 10.1 Å². The summed E-state index contributed by atoms with van der Waals surface area (Å²) in [6.45, 7) is -0.0427. The Balaban J connectivity index is 1.72. The lowest BCUT2D eigenvalue weighted by atomic mass is 9.80. The minimum atomic E-state index is -4.25. The summed E-state index contributed by atoms with van der Waals surface area (Å²) in [6, 6.07) is 8.91. The van der Waals surface area contributed by atoms with Gasteiger partial charge in [0, 0.05) is 12.5 Å². The van der Waals surface area contributed by atoms with Crippen LogP contribution in [-0.4, -0.2) is 36.4 Å². The summed E-state index contributed by atoms with van der Waals surface area (Å²) in [5, 5.41) is 12.3. The number of carbonyl (C=O) groups excluding carboxylic acids is 1. The molecule has 1 aliphatic rings. The largest absolute Gasteiger partial charge is 0.491 e. The average molecular weight is 345 g/mol. The van der Waals surface area contributed by atoms with Gasteiger partial charge in [-0.1, -0.05) is 24.6 Å². The predicted molar refractivity (Wildman–Crippen MR) is 82.5 cm³/mol. The molecule has 4 nitrogen and oxygen atoms in total. The van der Waals surface area contributed by atoms with Crippen molar-refractivity contribution in [2.24, 2.45) is 11.8 Å². The van der Waals surface area contributed by atoms with Crippen molar-refractivity contribution in [3.63, 3.8) is 0 Å². The summed E-state index contributed by atoms with van der Waals surface area (Å²) in [6.07, 6.45) is -4.41. The molecule has 3 atom stereocenters. The number of alkyl halides is 3. The topological polar surface area (TPSA) is 58.6 Å². The molecule has 1 aliphatic carbocycles. The second-order valence-electron chi connectivity index (χ2n) is 6.13. The summed E-state index contributed by atoms with van der Waals surface area (Å²) < 4.78 is 43.7. The van der Waals surface area contributed by atoms with Crippen molar-refractivity contribution in [1.29, 1.82) is 0 Å². The molecule has 3 unspecified atom stereocenters. The highest BCUT2D eigenvalue weighted by atomic mass is 19.4. The van der Waals surface area contributed by atoms with E-state index < -0.39 is 30.0 Å². The quantitative estimate of drug-likeness (QED) is 0.833. The van der Waals surface area contributed by atoms with E-state index in [-0.39, 0.29) is 26.0 Å². The first kappa shape index (κ1) is 18.6. The monoisotopic (exact) mass is 345 g/mol. The standard InChI is InChI=1S/C17H22F3NO3/c18-17(19,20)13-6-4-5-12(9-13)16(23)21-10-14(22)11-24-15-7-2-1-3-8-15/h1-3,7-8,12-14,22H,4-6,9-11H2,(H,21,23). The molecule has 0 bridgehead atoms. The molecule has 7 heteroatoms. The van der Waals surface area contributed by atoms with Crippen LogP contribution in [0.3, 0.4) is 0 Å². The average Bonchev–Trinajstić information content (AvgIpc) is 2.58. The van der Waals surface area contributed by atoms with Crippen molar-refractivity contribution >= 4 is 5.91 Å². The number of hydrogen-bond acceptors (Lipinski definition) is 3. The first-order chi connectivity index (χ1) is 11.4. The van der Waals surface area contributed by atoms with E-state index in [0.717, 1.165) is 0 Å². The van der Waals surface area contributed by atoms with Crippen molar-refractivity contribution in [1.82, 2.24) is 5.32 Å². The molecule has 1 amide bonds. The zero-order valence-electron chi connectivity index (χ0n) is 13.3. The van der Waals surface area contributed by atoms with Gasteiger partial charge in [0.1, 0.15) is 18.5 Å². The Hall–Kier alpha value is -1.76. The third-order valence-corrected chi connectivity index (χ3v) is 4.21. The molecule has 2 rings (SSSR count). The van der Waals surface area contributed by atoms with Gasteiger partial charge in [-0.2, -0.15) is 13.2 Å². The number of aliphatic hydroxyl groups is 1. The van der Waals surface area contributed by atoms with E-state index in [9.17, 15) is 23.1 Å². The van der Waals surface area contributed by atoms with E-state index in [1.54, 1.807) is 24.3 Å². The van der Waals surface area contributed by atoms with Gasteiger partial charge >= 0.3 is 6.18 Å². The number of amides is 1. The highest BCUT2D eigenvalue weighted by Gasteiger charge is 2.43. The fraction of sp³-hybridized carbons (Fsp3) is 0.588. The minimum absolute atomic E-state index is 0.000135. The summed E-state index contributed by atoms with van der Waals surface area (Å²) in [5.74, 6) is -1.88. The van der Waals surface area contributed by atoms with Gasteiger partial charge in [0.05, 0.1) is 5.92 Å². The highest BCUT2D eigenvalue weighted by Crippen LogP contribution is 2.39. The number of aliphatic hydroxyl groups excluding tert-OH is 1. The Morgan fingerprint density at radius 2 is 2.00 bits per heavy atom. The fourth-order valence-corrected chi connectivity index (χ4v) is 2.86. The number of para-hydroxylation sites is 1. The van der Waals surface area contributed by atoms with Gasteiger partial charge in [-0.25, -0.2) is 0 Å². The van der Waals surface area contributed by atoms with Crippen molar-refractivity contribution < 1.29 is 27.8 Å². The Morgan fingerprint density at radius 1 is 1.29 bits per heavy atom. The van der Waals surface area contributed by atoms with E-state index >= 15 is 0 Å². The van der Waals surface area contributed by atoms with Gasteiger partial charge in [0.25, 0.3) is 0 Å². The fourth-order valence-electron chi connectivity index (χ4n) is 2.86. The second-order valence-corrected chi connectivity index (χ2v) is 6.13. The molecule has 0 aromatic heterocycles. The van der Waals surface area contributed by atoms with Crippen molar-refractivity contribution in [2.75, 3.05) is 13.2 Å². The number of rotatable bonds is 6. The number of hydrogen-bond donors (Lipinski definition) is 2. The molecular weight excluding hydrogens is 323 g/mol. The maximum Gasteiger partial charge on any atom is 0.391 e. The number of benzene rings is 1. The third kappa shape index (κ3) is 5.70. The van der Waals surface area contributed by atoms with Crippen LogP contribution in [-0.2, 0) is 4.79 Å². The van der Waals surface area contributed by atoms with Crippen molar-refractivity contribution in [2.45, 2.75) is 38.0 Å². The third-order valence-electron chi connectivity index (χ3n) is 4.21. The summed E-state index contributed by atoms with van der Waals surface area (Å²) in [5.41, 5.74) is 0. The molecule has 134 valence electrons. The molecule has 0 aliphatic heterocycles. The molecule has 1 saturated carbocycles. The number of carbonyl (C=O) groups is 1. The molecule has 1 aromatic carbocycles. The van der Waals surface area contributed by atoms with Crippen LogP contribution >= 0.6 is 0 Å². The van der Waals surface area contributed by atoms with Crippen LogP contribution in [0.4, 0.5) is 13.2 Å². The first-order valence-electron chi connectivity index (χ1n) is 8.06. The van der Waals surface area contributed by atoms with E-state index in [2.05, 4.69) is 5.32 Å². The first-order valence-corrected chi connectivity index (χ1v) is 8.06. The van der Waals surface area contributed by atoms with Gasteiger partial charge in [0.15, 0.2) is 0 Å². The van der Waals surface area contributed by atoms with Crippen LogP contribution in [0.5, 0.6) is 5.75 Å². The van der Waals surface area contributed by atoms with E-state index in [0.29, 0.717) is 18.6 Å². The lowest BCUT2D eigenvalue weighted by Crippen LogP contribution is -2.41. The zero-order valence-corrected chi connectivity index (χ0v) is 13.3. The second kappa shape index (κ2) is 8.37. The molecule has 24 heavy (non-hydrogen) atoms. The summed E-state index contributed by atoms with van der Waals surface area (Å²) in [4.78, 5) is 12.0. The van der Waals surface area contributed by atoms with Gasteiger partial charge in [0.2, 0.25) is 5.91 Å². The van der Waals surface area contributed by atoms with Gasteiger partial charge in [-0.3, -0.25) is 4.79 Å². The maximum absolute atomic E-state index is 12.8. The smallest absolute Gasteiger partial charge is 0.391 e. The van der Waals surface area contributed by atoms with Crippen LogP contribution in [0.25, 0.3) is 0 Å². The number of nitrogens with one attached hydrogen (secondary N) is 1. The van der Waals surface area contributed by atoms with Crippen LogP contribution in [0, 0.1) is 11.8 Å². The van der Waals surface area contributed by atoms with Gasteiger partial charge < -0.3 is 15.2 Å². The molecule has 0 spiro atoms. The Bertz CT molecular complexity index is 522. The van der Waals surface area contributed by atoms with E-state index in [1.807, 2.05) is 6.07 Å². The minimum Gasteiger partial charge on any atom is -0.491 e. The zero-order chi connectivity index (χ0) is 17.6. The van der Waals surface area contributed by atoms with E-state index in [1.165, 1.54) is 0 Å². The highest BCUT2D eigenvalue weighted by molar-refractivity contribution is 5.78. The Morgan fingerprint density at radius 3 is 2.67 bits per heavy atom. The van der Waals surface area contributed by atoms with Crippen LogP contribution in [0.15, 0.2) is 30.3 Å². The van der Waals surface area contributed by atoms with Gasteiger partial charge in [-0.15, -0.1) is 0 Å². The van der Waals surface area contributed by atoms with Crippen LogP contribution in [0.2, 0.25) is 0 Å². The molecule has 0 radical (unpaired) electrons. The molecule has 1 fully saturated rings. The molecular formula is C17H22F3NO3. The molecule has 0 saturated heterocycles. The van der Waals surface area contributed by atoms with E-state index in [4.69, 9.17) is 4.74 Å². The Labute approximate surface area is 139 Å². The lowest BCUT2D eigenvalue weighted by molar-refractivity contribution is -0.186. The van der Waals surface area contributed by atoms with Crippen LogP contribution in [0.1, 0.15) is 25.7 Å². The lowest BCUT2D eigenvalue weighted by Gasteiger charge is -2.29. The predicted octanol–water partition coefficient (Wildman–Crippen LogP) is 2.91. The molecule has 1 aromatic rings. The molecule has 2 N–H and O–H groups in total. The summed E-state index contributed by atoms with van der Waals surface area (Å²) in [7, 11) is 0. The van der Waals surface area contributed by atoms with Gasteiger partial charge in [-0.05, 0) is 31.4 Å². The normalized spacial score (nSPS) is 22.7. The van der Waals surface area contributed by atoms with Crippen molar-refractivity contribution in [3.8, 4) is 5.75 Å². The number of ether oxygens (including phenoxy) is 1. The molecule has 0 heterocycles.